The number of benzene rings is 2. The van der Waals surface area contributed by atoms with Gasteiger partial charge in [-0.2, -0.15) is 4.99 Å². The molecule has 2 aliphatic heterocycles. The topological polar surface area (TPSA) is 237 Å². The number of anilines is 2. The van der Waals surface area contributed by atoms with Crippen molar-refractivity contribution >= 4 is 76.8 Å². The lowest BCUT2D eigenvalue weighted by Gasteiger charge is -2.30. The first kappa shape index (κ1) is 36.6. The molecule has 2 aliphatic rings. The number of likely N-dealkylation sites (tertiary alicyclic amines) is 1. The summed E-state index contributed by atoms with van der Waals surface area (Å²) in [6.45, 7) is 2.35. The zero-order valence-electron chi connectivity index (χ0n) is 24.0. The SMILES string of the molecule is CN1CCC(=C2c3ccccc3Sc3ccccc32)CC1.Cl.NC(N)=NC(=O)c1nc(Cl)c(N)nc1N.O=C(O)C=CC(=O)O. The number of carbonyl (C=O) groups is 3. The smallest absolute Gasteiger partial charge is 0.328 e. The van der Waals surface area contributed by atoms with Crippen LogP contribution in [0.1, 0.15) is 34.5 Å². The number of carboxylic acid groups (broad SMARTS) is 2. The molecule has 0 unspecified atom stereocenters. The van der Waals surface area contributed by atoms with Gasteiger partial charge in [0.1, 0.15) is 0 Å². The van der Waals surface area contributed by atoms with Crippen LogP contribution < -0.4 is 22.9 Å². The highest BCUT2D eigenvalue weighted by Crippen LogP contribution is 2.47. The van der Waals surface area contributed by atoms with Crippen LogP contribution >= 0.6 is 35.8 Å². The van der Waals surface area contributed by atoms with Crippen LogP contribution in [0.15, 0.2) is 81.0 Å². The van der Waals surface area contributed by atoms with Gasteiger partial charge in [-0.15, -0.1) is 12.4 Å². The summed E-state index contributed by atoms with van der Waals surface area (Å²) in [4.78, 5) is 46.1. The number of nitrogens with two attached hydrogens (primary N) is 4. The number of aliphatic carboxylic acids is 2. The lowest BCUT2D eigenvalue weighted by molar-refractivity contribution is -0.134. The number of hydrogen-bond acceptors (Lipinski definition) is 9. The first-order valence-electron chi connectivity index (χ1n) is 13.0. The number of guanidine groups is 1. The van der Waals surface area contributed by atoms with Crippen LogP contribution in [0.4, 0.5) is 11.6 Å². The molecule has 3 heterocycles. The Kier molecular flexibility index (Phi) is 13.8. The number of amides is 1. The molecule has 0 aliphatic carbocycles. The van der Waals surface area contributed by atoms with Crippen molar-refractivity contribution in [3.63, 3.8) is 0 Å². The third-order valence-corrected chi connectivity index (χ3v) is 7.61. The fourth-order valence-corrected chi connectivity index (χ4v) is 5.44. The van der Waals surface area contributed by atoms with Gasteiger partial charge in [-0.1, -0.05) is 65.3 Å². The van der Waals surface area contributed by atoms with E-state index in [-0.39, 0.29) is 34.9 Å². The summed E-state index contributed by atoms with van der Waals surface area (Å²) in [5, 5.41) is 15.5. The Morgan fingerprint density at radius 2 is 1.38 bits per heavy atom. The van der Waals surface area contributed by atoms with Gasteiger partial charge >= 0.3 is 17.8 Å². The van der Waals surface area contributed by atoms with E-state index < -0.39 is 23.8 Å². The van der Waals surface area contributed by atoms with Crippen molar-refractivity contribution < 1.29 is 24.6 Å². The lowest BCUT2D eigenvalue weighted by Crippen LogP contribution is -2.27. The number of carbonyl (C=O) groups excluding carboxylic acids is 1. The number of nitrogen functional groups attached to an aromatic ring is 2. The summed E-state index contributed by atoms with van der Waals surface area (Å²) in [5.41, 5.74) is 26.5. The van der Waals surface area contributed by atoms with Gasteiger partial charge < -0.3 is 38.0 Å². The molecule has 0 saturated carbocycles. The minimum absolute atomic E-state index is 0. The van der Waals surface area contributed by atoms with Crippen LogP contribution in [0.2, 0.25) is 5.15 Å². The van der Waals surface area contributed by atoms with Crippen molar-refractivity contribution in [3.05, 3.63) is 88.2 Å². The maximum absolute atomic E-state index is 11.3. The number of rotatable bonds is 3. The third kappa shape index (κ3) is 10.5. The second-order valence-corrected chi connectivity index (χ2v) is 10.8. The number of hydrogen-bond donors (Lipinski definition) is 6. The molecule has 3 aromatic rings. The Bertz CT molecular complexity index is 1590. The molecule has 1 amide bonds. The van der Waals surface area contributed by atoms with E-state index in [1.165, 1.54) is 52.4 Å². The average molecular weight is 676 g/mol. The van der Waals surface area contributed by atoms with Gasteiger partial charge in [0.05, 0.1) is 0 Å². The molecule has 0 atom stereocenters. The molecule has 1 aromatic heterocycles. The van der Waals surface area contributed by atoms with Gasteiger partial charge in [-0.25, -0.2) is 19.6 Å². The van der Waals surface area contributed by atoms with Crippen LogP contribution in [0.3, 0.4) is 0 Å². The van der Waals surface area contributed by atoms with Crippen molar-refractivity contribution in [2.75, 3.05) is 31.6 Å². The van der Waals surface area contributed by atoms with E-state index >= 15 is 0 Å². The summed E-state index contributed by atoms with van der Waals surface area (Å²) in [6, 6.07) is 17.7. The standard InChI is InChI=1S/C19H19NS.C6H8ClN7O.C4H4O4.ClH/c1-20-12-10-14(11-13-20)19-15-6-2-4-8-17(15)21-18-9-5-3-7-16(18)19;7-2-4(9)13-3(8)1(12-2)5(15)14-6(10)11;5-3(6)1-2-4(7)8;/h2-9H,10-13H2,1H3;(H4,8,9,13)(H4,10,11,14,15);1-2H,(H,5,6)(H,7,8);1H. The summed E-state index contributed by atoms with van der Waals surface area (Å²) >= 11 is 7.46. The van der Waals surface area contributed by atoms with Gasteiger partial charge in [0.2, 0.25) is 0 Å². The summed E-state index contributed by atoms with van der Waals surface area (Å²) < 4.78 is 0. The molecule has 2 aromatic carbocycles. The maximum atomic E-state index is 11.3. The Balaban J connectivity index is 0.000000259. The number of piperidine rings is 1. The van der Waals surface area contributed by atoms with E-state index in [9.17, 15) is 14.4 Å². The number of nitrogens with zero attached hydrogens (tertiary/aromatic N) is 4. The highest BCUT2D eigenvalue weighted by molar-refractivity contribution is 7.99. The molecule has 13 nitrogen and oxygen atoms in total. The second-order valence-electron chi connectivity index (χ2n) is 9.36. The molecule has 16 heteroatoms. The van der Waals surface area contributed by atoms with Crippen LogP contribution in [-0.4, -0.2) is 69.0 Å². The fourth-order valence-electron chi connectivity index (χ4n) is 4.22. The van der Waals surface area contributed by atoms with Crippen LogP contribution in [0, 0.1) is 0 Å². The van der Waals surface area contributed by atoms with Crippen molar-refractivity contribution in [1.82, 2.24) is 14.9 Å². The highest BCUT2D eigenvalue weighted by atomic mass is 35.5. The molecule has 0 spiro atoms. The predicted octanol–water partition coefficient (Wildman–Crippen LogP) is 3.52. The average Bonchev–Trinajstić information content (AvgIpc) is 2.97. The lowest BCUT2D eigenvalue weighted by atomic mass is 9.88. The summed E-state index contributed by atoms with van der Waals surface area (Å²) in [7, 11) is 2.22. The van der Waals surface area contributed by atoms with Crippen molar-refractivity contribution in [2.45, 2.75) is 22.6 Å². The Morgan fingerprint density at radius 1 is 0.889 bits per heavy atom. The fraction of sp³-hybridized carbons (Fsp3) is 0.172. The van der Waals surface area contributed by atoms with Crippen LogP contribution in [-0.2, 0) is 9.59 Å². The predicted molar refractivity (Wildman–Crippen MR) is 177 cm³/mol. The minimum Gasteiger partial charge on any atom is -0.478 e. The number of carboxylic acids is 2. The monoisotopic (exact) mass is 674 g/mol. The maximum Gasteiger partial charge on any atom is 0.328 e. The zero-order chi connectivity index (χ0) is 32.4. The molecule has 45 heavy (non-hydrogen) atoms. The minimum atomic E-state index is -1.26. The van der Waals surface area contributed by atoms with Gasteiger partial charge in [-0.3, -0.25) is 4.79 Å². The first-order chi connectivity index (χ1) is 20.9. The van der Waals surface area contributed by atoms with E-state index in [1.54, 1.807) is 5.57 Å². The molecular weight excluding hydrogens is 643 g/mol. The third-order valence-electron chi connectivity index (χ3n) is 6.18. The molecule has 238 valence electrons. The molecule has 0 radical (unpaired) electrons. The van der Waals surface area contributed by atoms with E-state index in [0.717, 1.165) is 0 Å². The number of halogens is 2. The molecule has 1 fully saturated rings. The van der Waals surface area contributed by atoms with Crippen LogP contribution in [0.5, 0.6) is 0 Å². The Hall–Kier alpha value is -4.63. The first-order valence-corrected chi connectivity index (χ1v) is 14.2. The zero-order valence-corrected chi connectivity index (χ0v) is 26.4. The van der Waals surface area contributed by atoms with Crippen LogP contribution in [0.25, 0.3) is 5.57 Å². The quantitative estimate of drug-likeness (QED) is 0.104. The largest absolute Gasteiger partial charge is 0.478 e. The van der Waals surface area contributed by atoms with E-state index in [1.807, 2.05) is 11.8 Å². The Morgan fingerprint density at radius 3 is 1.84 bits per heavy atom. The molecule has 1 saturated heterocycles. The van der Waals surface area contributed by atoms with E-state index in [0.29, 0.717) is 12.2 Å². The summed E-state index contributed by atoms with van der Waals surface area (Å²) in [5.74, 6) is -4.02. The number of fused-ring (bicyclic) bond motifs is 2. The highest BCUT2D eigenvalue weighted by Gasteiger charge is 2.24. The normalized spacial score (nSPS) is 13.5. The molecular formula is C29H32Cl2N8O5S. The van der Waals surface area contributed by atoms with E-state index in [4.69, 9.17) is 44.7 Å². The van der Waals surface area contributed by atoms with E-state index in [2.05, 4.69) is 75.4 Å². The Labute approximate surface area is 274 Å². The van der Waals surface area contributed by atoms with Gasteiger partial charge in [0.25, 0.3) is 0 Å². The number of aromatic nitrogens is 2. The number of aliphatic imine (C=N–C) groups is 1. The van der Waals surface area contributed by atoms with Crippen molar-refractivity contribution in [3.8, 4) is 0 Å². The molecule has 10 N–H and O–H groups in total. The molecule has 5 rings (SSSR count). The van der Waals surface area contributed by atoms with Gasteiger partial charge in [0.15, 0.2) is 28.4 Å². The second kappa shape index (κ2) is 17.0. The van der Waals surface area contributed by atoms with Gasteiger partial charge in [0, 0.05) is 35.0 Å². The van der Waals surface area contributed by atoms with Crippen molar-refractivity contribution in [2.24, 2.45) is 16.5 Å². The summed E-state index contributed by atoms with van der Waals surface area (Å²) in [6.07, 6.45) is 3.50. The van der Waals surface area contributed by atoms with Crippen molar-refractivity contribution in [1.29, 1.82) is 0 Å². The van der Waals surface area contributed by atoms with Gasteiger partial charge in [-0.05, 0) is 48.7 Å². The molecule has 0 bridgehead atoms.